The van der Waals surface area contributed by atoms with Gasteiger partial charge in [-0.15, -0.1) is 0 Å². The van der Waals surface area contributed by atoms with E-state index < -0.39 is 23.8 Å². The number of nitrogens with two attached hydrogens (primary N) is 1. The number of alkyl halides is 3. The lowest BCUT2D eigenvalue weighted by atomic mass is 10.00. The van der Waals surface area contributed by atoms with Crippen molar-refractivity contribution in [3.05, 3.63) is 27.7 Å². The van der Waals surface area contributed by atoms with Gasteiger partial charge >= 0.3 is 12.1 Å². The van der Waals surface area contributed by atoms with Gasteiger partial charge in [0.05, 0.1) is 17.1 Å². The minimum atomic E-state index is -4.59. The number of halogens is 4. The molecule has 0 fully saturated rings. The Morgan fingerprint density at radius 3 is 2.55 bits per heavy atom. The van der Waals surface area contributed by atoms with Crippen LogP contribution in [0.1, 0.15) is 30.0 Å². The number of benzene rings is 1. The summed E-state index contributed by atoms with van der Waals surface area (Å²) in [6, 6.07) is 1.49. The fourth-order valence-electron chi connectivity index (χ4n) is 1.69. The third-order valence-electron chi connectivity index (χ3n) is 2.67. The van der Waals surface area contributed by atoms with Crippen molar-refractivity contribution < 1.29 is 27.8 Å². The number of hydrogen-bond acceptors (Lipinski definition) is 3. The van der Waals surface area contributed by atoms with Crippen LogP contribution in [0.3, 0.4) is 0 Å². The third-order valence-corrected chi connectivity index (χ3v) is 3.26. The van der Waals surface area contributed by atoms with E-state index in [1.807, 2.05) is 0 Å². The van der Waals surface area contributed by atoms with E-state index in [-0.39, 0.29) is 28.6 Å². The predicted molar refractivity (Wildman–Crippen MR) is 69.5 cm³/mol. The summed E-state index contributed by atoms with van der Waals surface area (Å²) in [5, 5.41) is 8.57. The normalized spacial score (nSPS) is 13.1. The third kappa shape index (κ3) is 4.11. The minimum Gasteiger partial charge on any atom is -0.495 e. The Kier molecular flexibility index (Phi) is 5.41. The van der Waals surface area contributed by atoms with Crippen LogP contribution in [0.2, 0.25) is 0 Å². The maximum atomic E-state index is 12.9. The van der Waals surface area contributed by atoms with Crippen LogP contribution >= 0.6 is 15.9 Å². The first kappa shape index (κ1) is 16.8. The highest BCUT2D eigenvalue weighted by Crippen LogP contribution is 2.42. The van der Waals surface area contributed by atoms with Gasteiger partial charge < -0.3 is 15.6 Å². The first-order valence-corrected chi connectivity index (χ1v) is 6.38. The number of carboxylic acids is 1. The monoisotopic (exact) mass is 355 g/mol. The van der Waals surface area contributed by atoms with Crippen LogP contribution in [0.4, 0.5) is 13.2 Å². The van der Waals surface area contributed by atoms with E-state index in [4.69, 9.17) is 15.6 Å². The number of aliphatic carboxylic acids is 1. The summed E-state index contributed by atoms with van der Waals surface area (Å²) < 4.78 is 43.7. The van der Waals surface area contributed by atoms with Crippen molar-refractivity contribution in [2.75, 3.05) is 7.11 Å². The van der Waals surface area contributed by atoms with Gasteiger partial charge in [-0.25, -0.2) is 0 Å². The highest BCUT2D eigenvalue weighted by Gasteiger charge is 2.36. The second-order valence-electron chi connectivity index (χ2n) is 4.12. The largest absolute Gasteiger partial charge is 0.495 e. The van der Waals surface area contributed by atoms with Gasteiger partial charge in [0.1, 0.15) is 5.75 Å². The summed E-state index contributed by atoms with van der Waals surface area (Å²) in [4.78, 5) is 10.5. The zero-order chi connectivity index (χ0) is 15.5. The molecule has 0 heterocycles. The number of carbonyl (C=O) groups is 1. The maximum absolute atomic E-state index is 12.9. The van der Waals surface area contributed by atoms with E-state index in [0.29, 0.717) is 0 Å². The molecule has 0 bridgehead atoms. The average Bonchev–Trinajstić information content (AvgIpc) is 2.33. The molecule has 0 spiro atoms. The smallest absolute Gasteiger partial charge is 0.420 e. The van der Waals surface area contributed by atoms with Crippen molar-refractivity contribution in [2.24, 2.45) is 5.73 Å². The van der Waals surface area contributed by atoms with E-state index in [9.17, 15) is 18.0 Å². The molecule has 0 aliphatic carbocycles. The standard InChI is InChI=1S/C12H13BrF3NO3/c1-20-11-7(12(14,15)16)4-6(5-8(11)13)9(17)2-3-10(18)19/h4-5,9H,2-3,17H2,1H3,(H,18,19). The molecule has 1 atom stereocenters. The van der Waals surface area contributed by atoms with Crippen LogP contribution in [0, 0.1) is 0 Å². The molecule has 0 amide bonds. The molecule has 4 nitrogen and oxygen atoms in total. The van der Waals surface area contributed by atoms with Crippen molar-refractivity contribution in [3.8, 4) is 5.75 Å². The summed E-state index contributed by atoms with van der Waals surface area (Å²) >= 11 is 3.00. The highest BCUT2D eigenvalue weighted by molar-refractivity contribution is 9.10. The van der Waals surface area contributed by atoms with E-state index in [0.717, 1.165) is 13.2 Å². The molecule has 1 unspecified atom stereocenters. The molecule has 0 radical (unpaired) electrons. The van der Waals surface area contributed by atoms with Gasteiger partial charge in [0, 0.05) is 12.5 Å². The van der Waals surface area contributed by atoms with Crippen LogP contribution < -0.4 is 10.5 Å². The van der Waals surface area contributed by atoms with Crippen molar-refractivity contribution >= 4 is 21.9 Å². The van der Waals surface area contributed by atoms with Crippen molar-refractivity contribution in [1.29, 1.82) is 0 Å². The molecule has 1 aromatic carbocycles. The molecule has 1 rings (SSSR count). The second-order valence-corrected chi connectivity index (χ2v) is 4.97. The average molecular weight is 356 g/mol. The number of methoxy groups -OCH3 is 1. The van der Waals surface area contributed by atoms with Crippen LogP contribution in [-0.2, 0) is 11.0 Å². The summed E-state index contributed by atoms with van der Waals surface area (Å²) in [5.41, 5.74) is 4.97. The Balaban J connectivity index is 3.17. The molecule has 0 saturated carbocycles. The Morgan fingerprint density at radius 2 is 2.10 bits per heavy atom. The highest BCUT2D eigenvalue weighted by atomic mass is 79.9. The lowest BCUT2D eigenvalue weighted by Crippen LogP contribution is -2.15. The molecular formula is C12H13BrF3NO3. The Bertz CT molecular complexity index is 505. The van der Waals surface area contributed by atoms with Gasteiger partial charge in [0.2, 0.25) is 0 Å². The molecule has 0 saturated heterocycles. The molecule has 112 valence electrons. The Hall–Kier alpha value is -1.28. The van der Waals surface area contributed by atoms with Gasteiger partial charge in [-0.3, -0.25) is 4.79 Å². The summed E-state index contributed by atoms with van der Waals surface area (Å²) in [6.07, 6.45) is -4.76. The number of carboxylic acid groups (broad SMARTS) is 1. The van der Waals surface area contributed by atoms with E-state index in [1.54, 1.807) is 0 Å². The molecule has 0 aliphatic rings. The fraction of sp³-hybridized carbons (Fsp3) is 0.417. The van der Waals surface area contributed by atoms with Gasteiger partial charge in [-0.2, -0.15) is 13.2 Å². The topological polar surface area (TPSA) is 72.5 Å². The van der Waals surface area contributed by atoms with E-state index in [1.165, 1.54) is 6.07 Å². The Labute approximate surface area is 121 Å². The zero-order valence-electron chi connectivity index (χ0n) is 10.5. The Morgan fingerprint density at radius 1 is 1.50 bits per heavy atom. The summed E-state index contributed by atoms with van der Waals surface area (Å²) in [5.74, 6) is -1.38. The van der Waals surface area contributed by atoms with E-state index >= 15 is 0 Å². The molecule has 3 N–H and O–H groups in total. The van der Waals surface area contributed by atoms with Crippen LogP contribution in [0.15, 0.2) is 16.6 Å². The lowest BCUT2D eigenvalue weighted by molar-refractivity contribution is -0.139. The van der Waals surface area contributed by atoms with Crippen molar-refractivity contribution in [2.45, 2.75) is 25.1 Å². The van der Waals surface area contributed by atoms with Crippen LogP contribution in [0.5, 0.6) is 5.75 Å². The van der Waals surface area contributed by atoms with Gasteiger partial charge in [-0.1, -0.05) is 0 Å². The number of hydrogen-bond donors (Lipinski definition) is 2. The van der Waals surface area contributed by atoms with Gasteiger partial charge in [0.15, 0.2) is 0 Å². The quantitative estimate of drug-likeness (QED) is 0.849. The summed E-state index contributed by atoms with van der Waals surface area (Å²) in [7, 11) is 1.14. The van der Waals surface area contributed by atoms with Crippen molar-refractivity contribution in [1.82, 2.24) is 0 Å². The maximum Gasteiger partial charge on any atom is 0.420 e. The lowest BCUT2D eigenvalue weighted by Gasteiger charge is -2.18. The fourth-order valence-corrected chi connectivity index (χ4v) is 2.33. The molecule has 0 aromatic heterocycles. The first-order valence-electron chi connectivity index (χ1n) is 5.58. The molecule has 1 aromatic rings. The predicted octanol–water partition coefficient (Wildman–Crippen LogP) is 3.34. The first-order chi connectivity index (χ1) is 9.16. The van der Waals surface area contributed by atoms with Gasteiger partial charge in [0.25, 0.3) is 0 Å². The van der Waals surface area contributed by atoms with Crippen LogP contribution in [0.25, 0.3) is 0 Å². The second kappa shape index (κ2) is 6.45. The van der Waals surface area contributed by atoms with E-state index in [2.05, 4.69) is 15.9 Å². The SMILES string of the molecule is COc1c(Br)cc(C(N)CCC(=O)O)cc1C(F)(F)F. The molecule has 20 heavy (non-hydrogen) atoms. The minimum absolute atomic E-state index is 0.0470. The van der Waals surface area contributed by atoms with Gasteiger partial charge in [-0.05, 0) is 40.0 Å². The molecular weight excluding hydrogens is 343 g/mol. The van der Waals surface area contributed by atoms with Crippen LogP contribution in [-0.4, -0.2) is 18.2 Å². The van der Waals surface area contributed by atoms with Crippen molar-refractivity contribution in [3.63, 3.8) is 0 Å². The molecule has 8 heteroatoms. The summed E-state index contributed by atoms with van der Waals surface area (Å²) in [6.45, 7) is 0. The number of rotatable bonds is 5. The molecule has 0 aliphatic heterocycles. The number of ether oxygens (including phenoxy) is 1. The zero-order valence-corrected chi connectivity index (χ0v) is 12.1.